The number of aromatic hydroxyl groups is 1. The summed E-state index contributed by atoms with van der Waals surface area (Å²) < 4.78 is 10.6. The number of oxime groups is 1. The first-order chi connectivity index (χ1) is 16.0. The number of phenols is 1. The molecule has 4 N–H and O–H groups in total. The summed E-state index contributed by atoms with van der Waals surface area (Å²) in [5.74, 6) is -0.931. The third-order valence-electron chi connectivity index (χ3n) is 6.49. The Hall–Kier alpha value is -3.10. The third-order valence-corrected chi connectivity index (χ3v) is 6.49. The van der Waals surface area contributed by atoms with Crippen LogP contribution in [0.25, 0.3) is 0 Å². The van der Waals surface area contributed by atoms with Crippen LogP contribution in [0.1, 0.15) is 67.6 Å². The summed E-state index contributed by atoms with van der Waals surface area (Å²) >= 11 is 0. The van der Waals surface area contributed by atoms with Crippen LogP contribution in [0.3, 0.4) is 0 Å². The number of hydrogen-bond acceptors (Lipinski definition) is 8. The smallest absolute Gasteiger partial charge is 0.342 e. The molecule has 0 amide bonds. The second-order valence-corrected chi connectivity index (χ2v) is 9.98. The molecule has 0 heterocycles. The molecule has 0 saturated carbocycles. The van der Waals surface area contributed by atoms with Crippen LogP contribution in [-0.2, 0) is 15.6 Å². The highest BCUT2D eigenvalue weighted by molar-refractivity contribution is 6.01. The zero-order valence-electron chi connectivity index (χ0n) is 20.0. The van der Waals surface area contributed by atoms with E-state index in [1.165, 1.54) is 29.3 Å². The predicted molar refractivity (Wildman–Crippen MR) is 127 cm³/mol. The average molecular weight is 472 g/mol. The Labute approximate surface area is 199 Å². The van der Waals surface area contributed by atoms with E-state index in [4.69, 9.17) is 14.6 Å². The highest BCUT2D eigenvalue weighted by Crippen LogP contribution is 2.46. The van der Waals surface area contributed by atoms with Gasteiger partial charge in [-0.3, -0.25) is 0 Å². The van der Waals surface area contributed by atoms with Crippen molar-refractivity contribution >= 4 is 11.7 Å². The summed E-state index contributed by atoms with van der Waals surface area (Å²) in [5, 5.41) is 41.3. The maximum absolute atomic E-state index is 12.0. The molecule has 0 aliphatic heterocycles. The van der Waals surface area contributed by atoms with Crippen LogP contribution < -0.4 is 4.74 Å². The number of esters is 1. The number of carbonyl (C=O) groups excluding carboxylic acids is 1. The van der Waals surface area contributed by atoms with Gasteiger partial charge < -0.3 is 30.0 Å². The molecule has 34 heavy (non-hydrogen) atoms. The molecule has 3 rings (SSSR count). The minimum atomic E-state index is -1.19. The van der Waals surface area contributed by atoms with Gasteiger partial charge in [-0.25, -0.2) is 4.79 Å². The largest absolute Gasteiger partial charge is 0.507 e. The zero-order valence-corrected chi connectivity index (χ0v) is 20.0. The highest BCUT2D eigenvalue weighted by atomic mass is 16.5. The van der Waals surface area contributed by atoms with Crippen molar-refractivity contribution in [3.05, 3.63) is 58.7 Å². The van der Waals surface area contributed by atoms with Gasteiger partial charge in [-0.15, -0.1) is 0 Å². The summed E-state index contributed by atoms with van der Waals surface area (Å²) in [4.78, 5) is 12.0. The molecule has 0 fully saturated rings. The summed E-state index contributed by atoms with van der Waals surface area (Å²) in [5.41, 5.74) is 3.59. The Morgan fingerprint density at radius 3 is 2.35 bits per heavy atom. The maximum Gasteiger partial charge on any atom is 0.342 e. The number of hydrogen-bond donors (Lipinski definition) is 4. The Morgan fingerprint density at radius 1 is 1.06 bits per heavy atom. The Balaban J connectivity index is 1.73. The number of rotatable bonds is 8. The van der Waals surface area contributed by atoms with Gasteiger partial charge in [0.2, 0.25) is 0 Å². The lowest BCUT2D eigenvalue weighted by molar-refractivity contribution is 0.00913. The lowest BCUT2D eigenvalue weighted by Crippen LogP contribution is -2.34. The molecule has 2 aromatic rings. The third kappa shape index (κ3) is 5.51. The van der Waals surface area contributed by atoms with E-state index in [9.17, 15) is 20.2 Å². The number of aliphatic hydroxyl groups is 2. The molecule has 0 saturated heterocycles. The summed E-state index contributed by atoms with van der Waals surface area (Å²) in [7, 11) is 0. The lowest BCUT2D eigenvalue weighted by atomic mass is 9.63. The number of fused-ring (bicyclic) bond motifs is 1. The Bertz CT molecular complexity index is 1070. The number of phenolic OH excluding ortho intramolecular Hbond substituents is 1. The minimum absolute atomic E-state index is 0.00569. The average Bonchev–Trinajstić information content (AvgIpc) is 2.80. The van der Waals surface area contributed by atoms with Crippen LogP contribution in [0, 0.1) is 0 Å². The summed E-state index contributed by atoms with van der Waals surface area (Å²) in [6, 6.07) is 10.1. The Kier molecular flexibility index (Phi) is 7.53. The van der Waals surface area contributed by atoms with Crippen molar-refractivity contribution in [2.75, 3.05) is 19.8 Å². The maximum atomic E-state index is 12.0. The fourth-order valence-electron chi connectivity index (χ4n) is 4.17. The molecule has 0 bridgehead atoms. The van der Waals surface area contributed by atoms with Crippen LogP contribution in [0.15, 0.2) is 41.6 Å². The quantitative estimate of drug-likeness (QED) is 0.201. The first kappa shape index (κ1) is 25.5. The van der Waals surface area contributed by atoms with E-state index in [2.05, 4.69) is 45.0 Å². The molecule has 8 heteroatoms. The van der Waals surface area contributed by atoms with E-state index in [0.717, 1.165) is 18.4 Å². The first-order valence-electron chi connectivity index (χ1n) is 11.3. The molecule has 0 spiro atoms. The van der Waals surface area contributed by atoms with Gasteiger partial charge in [0.15, 0.2) is 0 Å². The fourth-order valence-corrected chi connectivity index (χ4v) is 4.17. The van der Waals surface area contributed by atoms with E-state index in [1.807, 2.05) is 6.07 Å². The molecule has 1 aliphatic carbocycles. The van der Waals surface area contributed by atoms with Crippen LogP contribution in [0.4, 0.5) is 0 Å². The molecule has 2 aromatic carbocycles. The van der Waals surface area contributed by atoms with Gasteiger partial charge in [0.1, 0.15) is 42.1 Å². The topological polar surface area (TPSA) is 129 Å². The number of carbonyl (C=O) groups is 1. The highest BCUT2D eigenvalue weighted by Gasteiger charge is 2.37. The van der Waals surface area contributed by atoms with Gasteiger partial charge in [-0.2, -0.15) is 0 Å². The van der Waals surface area contributed by atoms with Gasteiger partial charge in [0, 0.05) is 11.6 Å². The van der Waals surface area contributed by atoms with Crippen molar-refractivity contribution < 1.29 is 34.8 Å². The van der Waals surface area contributed by atoms with E-state index in [1.54, 1.807) is 0 Å². The van der Waals surface area contributed by atoms with Crippen LogP contribution in [0.5, 0.6) is 11.5 Å². The van der Waals surface area contributed by atoms with Crippen molar-refractivity contribution in [1.82, 2.24) is 0 Å². The zero-order chi connectivity index (χ0) is 25.1. The van der Waals surface area contributed by atoms with Crippen molar-refractivity contribution in [2.24, 2.45) is 5.16 Å². The van der Waals surface area contributed by atoms with E-state index >= 15 is 0 Å². The predicted octanol–water partition coefficient (Wildman–Crippen LogP) is 3.51. The normalized spacial score (nSPS) is 17.5. The Morgan fingerprint density at radius 2 is 1.74 bits per heavy atom. The fraction of sp³-hybridized carbons (Fsp3) is 0.462. The SMILES string of the molecule is CC1(C)CCC(C)(C)c2cc(C(COc3ccc(C(=O)OCC(O)CO)c(O)c3)=NO)ccc21. The van der Waals surface area contributed by atoms with Crippen molar-refractivity contribution in [2.45, 2.75) is 57.5 Å². The van der Waals surface area contributed by atoms with Gasteiger partial charge in [0.05, 0.1) is 6.61 Å². The number of aliphatic hydroxyl groups excluding tert-OH is 2. The van der Waals surface area contributed by atoms with Crippen LogP contribution in [-0.4, -0.2) is 58.1 Å². The lowest BCUT2D eigenvalue weighted by Gasteiger charge is -2.42. The van der Waals surface area contributed by atoms with Crippen LogP contribution >= 0.6 is 0 Å². The van der Waals surface area contributed by atoms with Gasteiger partial charge in [0.25, 0.3) is 0 Å². The van der Waals surface area contributed by atoms with Crippen LogP contribution in [0.2, 0.25) is 0 Å². The molecule has 1 unspecified atom stereocenters. The van der Waals surface area contributed by atoms with Gasteiger partial charge in [-0.1, -0.05) is 45.0 Å². The number of nitrogens with zero attached hydrogens (tertiary/aromatic N) is 1. The van der Waals surface area contributed by atoms with Gasteiger partial charge in [-0.05, 0) is 53.0 Å². The summed E-state index contributed by atoms with van der Waals surface area (Å²) in [6.07, 6.45) is 0.974. The molecule has 0 aromatic heterocycles. The van der Waals surface area contributed by atoms with Crippen molar-refractivity contribution in [3.8, 4) is 11.5 Å². The monoisotopic (exact) mass is 471 g/mol. The first-order valence-corrected chi connectivity index (χ1v) is 11.3. The van der Waals surface area contributed by atoms with Crippen molar-refractivity contribution in [1.29, 1.82) is 0 Å². The number of benzene rings is 2. The van der Waals surface area contributed by atoms with Crippen molar-refractivity contribution in [3.63, 3.8) is 0 Å². The molecule has 184 valence electrons. The van der Waals surface area contributed by atoms with E-state index < -0.39 is 25.3 Å². The van der Waals surface area contributed by atoms with Gasteiger partial charge >= 0.3 is 5.97 Å². The molecular weight excluding hydrogens is 438 g/mol. The second-order valence-electron chi connectivity index (χ2n) is 9.98. The second kappa shape index (κ2) is 10.0. The number of ether oxygens (including phenoxy) is 2. The van der Waals surface area contributed by atoms with E-state index in [0.29, 0.717) is 5.71 Å². The molecule has 1 atom stereocenters. The minimum Gasteiger partial charge on any atom is -0.507 e. The molecular formula is C26H33NO7. The molecule has 0 radical (unpaired) electrons. The van der Waals surface area contributed by atoms with E-state index in [-0.39, 0.29) is 34.5 Å². The standard InChI is InChI=1S/C26H33NO7/c1-25(2)9-10-26(3,4)21-11-16(5-8-20(21)25)22(27-32)15-33-18-6-7-19(23(30)12-18)24(31)34-14-17(29)13-28/h5-8,11-12,17,28-30,32H,9-10,13-15H2,1-4H3. The molecule has 1 aliphatic rings. The summed E-state index contributed by atoms with van der Waals surface area (Å²) in [6.45, 7) is 7.94. The molecule has 8 nitrogen and oxygen atoms in total.